The number of ether oxygens (including phenoxy) is 4. The van der Waals surface area contributed by atoms with Crippen molar-refractivity contribution < 1.29 is 33.6 Å². The molecule has 0 fully saturated rings. The van der Waals surface area contributed by atoms with Gasteiger partial charge in [-0.25, -0.2) is 4.79 Å². The van der Waals surface area contributed by atoms with Gasteiger partial charge in [-0.2, -0.15) is 0 Å². The third-order valence-corrected chi connectivity index (χ3v) is 6.89. The first kappa shape index (κ1) is 29.5. The molecule has 0 bridgehead atoms. The van der Waals surface area contributed by atoms with E-state index < -0.39 is 5.97 Å². The SMILES string of the molecule is CCCc1c(OCCCCC(=O)c2ccc3cc(OC)c(OC)cc3c2)ccc(C(=O)OCc2ccccc2)c1O. The minimum Gasteiger partial charge on any atom is -0.507 e. The summed E-state index contributed by atoms with van der Waals surface area (Å²) in [6.45, 7) is 2.51. The van der Waals surface area contributed by atoms with Gasteiger partial charge in [0.15, 0.2) is 17.3 Å². The maximum atomic E-state index is 12.9. The molecule has 0 saturated heterocycles. The first-order valence-corrected chi connectivity index (χ1v) is 13.8. The number of methoxy groups -OCH3 is 2. The Kier molecular flexibility index (Phi) is 10.2. The zero-order valence-electron chi connectivity index (χ0n) is 23.8. The fraction of sp³-hybridized carbons (Fsp3) is 0.294. The molecule has 0 radical (unpaired) electrons. The van der Waals surface area contributed by atoms with E-state index in [2.05, 4.69) is 0 Å². The van der Waals surface area contributed by atoms with E-state index in [0.29, 0.717) is 60.7 Å². The second kappa shape index (κ2) is 14.2. The van der Waals surface area contributed by atoms with E-state index in [4.69, 9.17) is 18.9 Å². The zero-order valence-corrected chi connectivity index (χ0v) is 23.8. The van der Waals surface area contributed by atoms with Crippen LogP contribution in [0.25, 0.3) is 10.8 Å². The lowest BCUT2D eigenvalue weighted by Crippen LogP contribution is -2.08. The lowest BCUT2D eigenvalue weighted by molar-refractivity contribution is 0.0469. The summed E-state index contributed by atoms with van der Waals surface area (Å²) in [6, 6.07) is 22.0. The first-order valence-electron chi connectivity index (χ1n) is 13.8. The second-order valence-corrected chi connectivity index (χ2v) is 9.75. The minimum absolute atomic E-state index is 0.0596. The summed E-state index contributed by atoms with van der Waals surface area (Å²) in [5, 5.41) is 12.7. The van der Waals surface area contributed by atoms with Crippen LogP contribution in [0.2, 0.25) is 0 Å². The van der Waals surface area contributed by atoms with Crippen LogP contribution in [0.1, 0.15) is 64.4 Å². The molecule has 0 spiro atoms. The number of fused-ring (bicyclic) bond motifs is 1. The van der Waals surface area contributed by atoms with Gasteiger partial charge in [-0.3, -0.25) is 4.79 Å². The molecule has 4 rings (SSSR count). The third-order valence-electron chi connectivity index (χ3n) is 6.89. The van der Waals surface area contributed by atoms with Crippen molar-refractivity contribution in [3.05, 3.63) is 95.1 Å². The Labute approximate surface area is 240 Å². The van der Waals surface area contributed by atoms with Gasteiger partial charge in [-0.05, 0) is 65.9 Å². The van der Waals surface area contributed by atoms with Gasteiger partial charge in [0.1, 0.15) is 23.7 Å². The van der Waals surface area contributed by atoms with E-state index in [1.807, 2.05) is 67.6 Å². The van der Waals surface area contributed by atoms with Gasteiger partial charge in [-0.15, -0.1) is 0 Å². The van der Waals surface area contributed by atoms with E-state index >= 15 is 0 Å². The summed E-state index contributed by atoms with van der Waals surface area (Å²) >= 11 is 0. The van der Waals surface area contributed by atoms with Crippen LogP contribution < -0.4 is 14.2 Å². The number of phenols is 1. The van der Waals surface area contributed by atoms with Gasteiger partial charge in [0.2, 0.25) is 0 Å². The molecule has 214 valence electrons. The molecular weight excluding hydrogens is 520 g/mol. The third kappa shape index (κ3) is 7.37. The number of hydrogen-bond donors (Lipinski definition) is 1. The molecule has 0 aliphatic carbocycles. The first-order chi connectivity index (χ1) is 19.9. The summed E-state index contributed by atoms with van der Waals surface area (Å²) < 4.78 is 22.1. The molecule has 0 aliphatic rings. The van der Waals surface area contributed by atoms with Crippen LogP contribution in [0.5, 0.6) is 23.0 Å². The number of rotatable bonds is 14. The van der Waals surface area contributed by atoms with Crippen molar-refractivity contribution in [2.75, 3.05) is 20.8 Å². The van der Waals surface area contributed by atoms with Crippen molar-refractivity contribution in [3.63, 3.8) is 0 Å². The van der Waals surface area contributed by atoms with E-state index in [9.17, 15) is 14.7 Å². The Morgan fingerprint density at radius 2 is 1.54 bits per heavy atom. The van der Waals surface area contributed by atoms with Crippen LogP contribution >= 0.6 is 0 Å². The number of unbranched alkanes of at least 4 members (excludes halogenated alkanes) is 1. The summed E-state index contributed by atoms with van der Waals surface area (Å²) in [7, 11) is 3.18. The monoisotopic (exact) mass is 556 g/mol. The average Bonchev–Trinajstić information content (AvgIpc) is 3.00. The molecule has 4 aromatic carbocycles. The highest BCUT2D eigenvalue weighted by Crippen LogP contribution is 2.34. The van der Waals surface area contributed by atoms with Gasteiger partial charge in [-0.1, -0.05) is 55.8 Å². The molecule has 0 heterocycles. The van der Waals surface area contributed by atoms with E-state index in [-0.39, 0.29) is 23.7 Å². The highest BCUT2D eigenvalue weighted by Gasteiger charge is 2.20. The lowest BCUT2D eigenvalue weighted by atomic mass is 10.0. The Balaban J connectivity index is 1.32. The molecule has 0 saturated carbocycles. The molecule has 7 nitrogen and oxygen atoms in total. The van der Waals surface area contributed by atoms with Crippen molar-refractivity contribution in [1.82, 2.24) is 0 Å². The molecular formula is C34H36O7. The standard InChI is InChI=1S/C34H36O7/c1-4-10-27-30(17-16-28(33(27)36)34(37)41-22-23-11-6-5-7-12-23)40-18-9-8-13-29(35)25-15-14-24-20-31(38-2)32(39-3)21-26(24)19-25/h5-7,11-12,14-17,19-21,36H,4,8-10,13,18,22H2,1-3H3. The maximum Gasteiger partial charge on any atom is 0.342 e. The smallest absolute Gasteiger partial charge is 0.342 e. The topological polar surface area (TPSA) is 91.3 Å². The summed E-state index contributed by atoms with van der Waals surface area (Å²) in [6.07, 6.45) is 3.03. The van der Waals surface area contributed by atoms with Crippen LogP contribution in [0.4, 0.5) is 0 Å². The van der Waals surface area contributed by atoms with Gasteiger partial charge >= 0.3 is 5.97 Å². The fourth-order valence-electron chi connectivity index (χ4n) is 4.67. The second-order valence-electron chi connectivity index (χ2n) is 9.75. The highest BCUT2D eigenvalue weighted by atomic mass is 16.5. The van der Waals surface area contributed by atoms with Crippen molar-refractivity contribution in [2.24, 2.45) is 0 Å². The maximum absolute atomic E-state index is 12.9. The molecule has 0 aromatic heterocycles. The molecule has 0 amide bonds. The number of carbonyl (C=O) groups is 2. The largest absolute Gasteiger partial charge is 0.507 e. The van der Waals surface area contributed by atoms with Crippen molar-refractivity contribution in [3.8, 4) is 23.0 Å². The predicted molar refractivity (Wildman–Crippen MR) is 158 cm³/mol. The van der Waals surface area contributed by atoms with Crippen LogP contribution in [-0.2, 0) is 17.8 Å². The number of Topliss-reactive ketones (excluding diaryl/α,β-unsaturated/α-hetero) is 1. The number of esters is 1. The molecule has 7 heteroatoms. The molecule has 4 aromatic rings. The van der Waals surface area contributed by atoms with Crippen LogP contribution in [0.15, 0.2) is 72.8 Å². The Hall–Kier alpha value is -4.52. The average molecular weight is 557 g/mol. The zero-order chi connectivity index (χ0) is 29.2. The Morgan fingerprint density at radius 3 is 2.24 bits per heavy atom. The quantitative estimate of drug-likeness (QED) is 0.0989. The Bertz CT molecular complexity index is 1490. The number of hydrogen-bond acceptors (Lipinski definition) is 7. The van der Waals surface area contributed by atoms with Gasteiger partial charge in [0, 0.05) is 17.5 Å². The summed E-state index contributed by atoms with van der Waals surface area (Å²) in [5.41, 5.74) is 2.22. The van der Waals surface area contributed by atoms with Crippen LogP contribution in [-0.4, -0.2) is 37.7 Å². The molecule has 0 atom stereocenters. The Morgan fingerprint density at radius 1 is 0.805 bits per heavy atom. The predicted octanol–water partition coefficient (Wildman–Crippen LogP) is 7.30. The normalized spacial score (nSPS) is 10.8. The van der Waals surface area contributed by atoms with Crippen molar-refractivity contribution in [1.29, 1.82) is 0 Å². The van der Waals surface area contributed by atoms with E-state index in [1.54, 1.807) is 20.3 Å². The lowest BCUT2D eigenvalue weighted by Gasteiger charge is -2.15. The highest BCUT2D eigenvalue weighted by molar-refractivity contribution is 6.00. The van der Waals surface area contributed by atoms with Gasteiger partial charge in [0.05, 0.1) is 20.8 Å². The van der Waals surface area contributed by atoms with Crippen molar-refractivity contribution in [2.45, 2.75) is 45.6 Å². The number of aromatic hydroxyl groups is 1. The van der Waals surface area contributed by atoms with E-state index in [0.717, 1.165) is 22.8 Å². The molecule has 0 unspecified atom stereocenters. The van der Waals surface area contributed by atoms with Crippen molar-refractivity contribution >= 4 is 22.5 Å². The number of benzene rings is 4. The van der Waals surface area contributed by atoms with E-state index in [1.165, 1.54) is 6.07 Å². The van der Waals surface area contributed by atoms with Gasteiger partial charge < -0.3 is 24.1 Å². The van der Waals surface area contributed by atoms with Crippen LogP contribution in [0.3, 0.4) is 0 Å². The van der Waals surface area contributed by atoms with Gasteiger partial charge in [0.25, 0.3) is 0 Å². The molecule has 1 N–H and O–H groups in total. The minimum atomic E-state index is -0.583. The number of carbonyl (C=O) groups excluding carboxylic acids is 2. The molecule has 41 heavy (non-hydrogen) atoms. The number of ketones is 1. The fourth-order valence-corrected chi connectivity index (χ4v) is 4.67. The summed E-state index contributed by atoms with van der Waals surface area (Å²) in [5.74, 6) is 1.17. The number of phenolic OH excluding ortho intramolecular Hbond substituents is 1. The molecule has 0 aliphatic heterocycles. The van der Waals surface area contributed by atoms with Crippen LogP contribution in [0, 0.1) is 0 Å². The summed E-state index contributed by atoms with van der Waals surface area (Å²) in [4.78, 5) is 25.5.